The molecule has 2 rings (SSSR count). The zero-order valence-corrected chi connectivity index (χ0v) is 9.83. The predicted octanol–water partition coefficient (Wildman–Crippen LogP) is 0.236. The van der Waals surface area contributed by atoms with Gasteiger partial charge in [0, 0.05) is 6.42 Å². The van der Waals surface area contributed by atoms with Crippen molar-refractivity contribution in [2.75, 3.05) is 13.1 Å². The first-order chi connectivity index (χ1) is 7.18. The van der Waals surface area contributed by atoms with Crippen LogP contribution in [0.1, 0.15) is 25.7 Å². The van der Waals surface area contributed by atoms with E-state index in [1.807, 2.05) is 0 Å². The van der Waals surface area contributed by atoms with Crippen molar-refractivity contribution in [3.63, 3.8) is 0 Å². The van der Waals surface area contributed by atoms with Gasteiger partial charge < -0.3 is 10.4 Å². The standard InChI is InChI=1S/C10H16N2O3.ClH/c13-9-8(6-7(11-9)10(14)15)12-4-2-1-3-5-12;/h7-8H,1-6H2,(H,11,13)(H,14,15);1H. The molecule has 5 nitrogen and oxygen atoms in total. The molecule has 0 aromatic carbocycles. The van der Waals surface area contributed by atoms with Gasteiger partial charge in [-0.05, 0) is 25.9 Å². The van der Waals surface area contributed by atoms with Crippen LogP contribution in [0.15, 0.2) is 0 Å². The number of likely N-dealkylation sites (tertiary alicyclic amines) is 1. The summed E-state index contributed by atoms with van der Waals surface area (Å²) < 4.78 is 0. The Balaban J connectivity index is 0.00000128. The van der Waals surface area contributed by atoms with E-state index in [2.05, 4.69) is 10.2 Å². The number of carboxylic acid groups (broad SMARTS) is 1. The molecular formula is C10H17ClN2O3. The van der Waals surface area contributed by atoms with Gasteiger partial charge in [-0.25, -0.2) is 4.79 Å². The molecule has 2 unspecified atom stereocenters. The summed E-state index contributed by atoms with van der Waals surface area (Å²) in [4.78, 5) is 24.4. The van der Waals surface area contributed by atoms with Crippen LogP contribution in [0.4, 0.5) is 0 Å². The highest BCUT2D eigenvalue weighted by Gasteiger charge is 2.39. The van der Waals surface area contributed by atoms with Crippen molar-refractivity contribution in [1.82, 2.24) is 10.2 Å². The van der Waals surface area contributed by atoms with Gasteiger partial charge in [-0.15, -0.1) is 12.4 Å². The molecule has 2 atom stereocenters. The molecule has 2 N–H and O–H groups in total. The summed E-state index contributed by atoms with van der Waals surface area (Å²) in [6.45, 7) is 1.84. The number of aliphatic carboxylic acids is 1. The highest BCUT2D eigenvalue weighted by atomic mass is 35.5. The summed E-state index contributed by atoms with van der Waals surface area (Å²) in [5.74, 6) is -1.05. The van der Waals surface area contributed by atoms with Crippen LogP contribution < -0.4 is 5.32 Å². The Labute approximate surface area is 101 Å². The highest BCUT2D eigenvalue weighted by molar-refractivity contribution is 5.91. The molecule has 1 amide bonds. The van der Waals surface area contributed by atoms with Crippen LogP contribution in [0, 0.1) is 0 Å². The van der Waals surface area contributed by atoms with Crippen molar-refractivity contribution in [1.29, 1.82) is 0 Å². The molecule has 0 saturated carbocycles. The van der Waals surface area contributed by atoms with Crippen LogP contribution >= 0.6 is 12.4 Å². The number of hydrogen-bond acceptors (Lipinski definition) is 3. The summed E-state index contributed by atoms with van der Waals surface area (Å²) in [5, 5.41) is 11.3. The maximum absolute atomic E-state index is 11.6. The molecule has 0 aromatic heterocycles. The van der Waals surface area contributed by atoms with Crippen molar-refractivity contribution in [2.24, 2.45) is 0 Å². The highest BCUT2D eigenvalue weighted by Crippen LogP contribution is 2.19. The van der Waals surface area contributed by atoms with E-state index in [1.165, 1.54) is 6.42 Å². The second-order valence-corrected chi connectivity index (χ2v) is 4.25. The molecule has 92 valence electrons. The molecule has 0 aliphatic carbocycles. The number of hydrogen-bond donors (Lipinski definition) is 2. The molecule has 0 aromatic rings. The number of carbonyl (C=O) groups excluding carboxylic acids is 1. The van der Waals surface area contributed by atoms with Crippen LogP contribution in [0.5, 0.6) is 0 Å². The van der Waals surface area contributed by atoms with Gasteiger partial charge >= 0.3 is 5.97 Å². The van der Waals surface area contributed by atoms with Gasteiger partial charge in [0.15, 0.2) is 0 Å². The normalized spacial score (nSPS) is 30.6. The first-order valence-corrected chi connectivity index (χ1v) is 5.46. The zero-order valence-electron chi connectivity index (χ0n) is 9.02. The average molecular weight is 249 g/mol. The fraction of sp³-hybridized carbons (Fsp3) is 0.800. The minimum atomic E-state index is -0.928. The van der Waals surface area contributed by atoms with Gasteiger partial charge in [0.1, 0.15) is 6.04 Å². The lowest BCUT2D eigenvalue weighted by Gasteiger charge is -2.30. The molecule has 2 fully saturated rings. The maximum Gasteiger partial charge on any atom is 0.326 e. The first-order valence-electron chi connectivity index (χ1n) is 5.46. The summed E-state index contributed by atoms with van der Waals surface area (Å²) in [6.07, 6.45) is 3.85. The molecule has 16 heavy (non-hydrogen) atoms. The van der Waals surface area contributed by atoms with Crippen molar-refractivity contribution >= 4 is 24.3 Å². The van der Waals surface area contributed by atoms with Crippen LogP contribution in [-0.4, -0.2) is 47.1 Å². The molecule has 0 bridgehead atoms. The predicted molar refractivity (Wildman–Crippen MR) is 60.6 cm³/mol. The number of amides is 1. The van der Waals surface area contributed by atoms with Gasteiger partial charge in [0.2, 0.25) is 5.91 Å². The molecule has 0 radical (unpaired) electrons. The number of rotatable bonds is 2. The monoisotopic (exact) mass is 248 g/mol. The fourth-order valence-corrected chi connectivity index (χ4v) is 2.36. The minimum Gasteiger partial charge on any atom is -0.480 e. The van der Waals surface area contributed by atoms with Crippen LogP contribution in [0.2, 0.25) is 0 Å². The number of halogens is 1. The van der Waals surface area contributed by atoms with E-state index in [0.717, 1.165) is 25.9 Å². The van der Waals surface area contributed by atoms with Crippen molar-refractivity contribution in [3.05, 3.63) is 0 Å². The number of carboxylic acids is 1. The van der Waals surface area contributed by atoms with Gasteiger partial charge in [0.25, 0.3) is 0 Å². The lowest BCUT2D eigenvalue weighted by molar-refractivity contribution is -0.140. The van der Waals surface area contributed by atoms with E-state index in [-0.39, 0.29) is 24.4 Å². The molecule has 2 heterocycles. The summed E-state index contributed by atoms with van der Waals surface area (Å²) in [5.41, 5.74) is 0. The van der Waals surface area contributed by atoms with Crippen molar-refractivity contribution in [3.8, 4) is 0 Å². The van der Waals surface area contributed by atoms with Crippen LogP contribution in [0.25, 0.3) is 0 Å². The summed E-state index contributed by atoms with van der Waals surface area (Å²) >= 11 is 0. The summed E-state index contributed by atoms with van der Waals surface area (Å²) in [6, 6.07) is -0.907. The Morgan fingerprint density at radius 1 is 1.31 bits per heavy atom. The Hall–Kier alpha value is -0.810. The number of nitrogens with one attached hydrogen (secondary N) is 1. The average Bonchev–Trinajstić information content (AvgIpc) is 2.62. The third-order valence-electron chi connectivity index (χ3n) is 3.21. The van der Waals surface area contributed by atoms with E-state index in [4.69, 9.17) is 5.11 Å². The fourth-order valence-electron chi connectivity index (χ4n) is 2.36. The smallest absolute Gasteiger partial charge is 0.326 e. The first kappa shape index (κ1) is 13.3. The van der Waals surface area contributed by atoms with E-state index < -0.39 is 12.0 Å². The largest absolute Gasteiger partial charge is 0.480 e. The minimum absolute atomic E-state index is 0. The lowest BCUT2D eigenvalue weighted by Crippen LogP contribution is -2.43. The molecule has 6 heteroatoms. The molecule has 2 aliphatic heterocycles. The van der Waals surface area contributed by atoms with Gasteiger partial charge in [0.05, 0.1) is 6.04 Å². The van der Waals surface area contributed by atoms with E-state index >= 15 is 0 Å². The zero-order chi connectivity index (χ0) is 10.8. The quantitative estimate of drug-likeness (QED) is 0.734. The SMILES string of the molecule is Cl.O=C(O)C1CC(N2CCCCC2)C(=O)N1. The van der Waals surface area contributed by atoms with Crippen LogP contribution in [-0.2, 0) is 9.59 Å². The van der Waals surface area contributed by atoms with Crippen LogP contribution in [0.3, 0.4) is 0 Å². The summed E-state index contributed by atoms with van der Waals surface area (Å²) in [7, 11) is 0. The van der Waals surface area contributed by atoms with E-state index in [0.29, 0.717) is 6.42 Å². The Kier molecular flexibility index (Phi) is 4.56. The van der Waals surface area contributed by atoms with Crippen molar-refractivity contribution in [2.45, 2.75) is 37.8 Å². The number of piperidine rings is 1. The maximum atomic E-state index is 11.6. The topological polar surface area (TPSA) is 69.6 Å². The Morgan fingerprint density at radius 3 is 2.44 bits per heavy atom. The molecule has 2 aliphatic rings. The number of carbonyl (C=O) groups is 2. The molecular weight excluding hydrogens is 232 g/mol. The van der Waals surface area contributed by atoms with E-state index in [1.54, 1.807) is 0 Å². The third-order valence-corrected chi connectivity index (χ3v) is 3.21. The number of nitrogens with zero attached hydrogens (tertiary/aromatic N) is 1. The second-order valence-electron chi connectivity index (χ2n) is 4.25. The second kappa shape index (κ2) is 5.50. The van der Waals surface area contributed by atoms with Gasteiger partial charge in [-0.3, -0.25) is 9.69 Å². The van der Waals surface area contributed by atoms with Gasteiger partial charge in [-0.2, -0.15) is 0 Å². The van der Waals surface area contributed by atoms with Gasteiger partial charge in [-0.1, -0.05) is 6.42 Å². The third kappa shape index (κ3) is 2.65. The van der Waals surface area contributed by atoms with Crippen molar-refractivity contribution < 1.29 is 14.7 Å². The Morgan fingerprint density at radius 2 is 1.94 bits per heavy atom. The molecule has 2 saturated heterocycles. The molecule has 0 spiro atoms. The lowest BCUT2D eigenvalue weighted by atomic mass is 10.1. The van der Waals surface area contributed by atoms with E-state index in [9.17, 15) is 9.59 Å². The Bertz CT molecular complexity index is 279.